The molecule has 1 aromatic heterocycles. The highest BCUT2D eigenvalue weighted by atomic mass is 16.1. The summed E-state index contributed by atoms with van der Waals surface area (Å²) >= 11 is 0. The Hall–Kier alpha value is -2.48. The Labute approximate surface area is 105 Å². The summed E-state index contributed by atoms with van der Waals surface area (Å²) in [5.41, 5.74) is 3.64. The van der Waals surface area contributed by atoms with Gasteiger partial charge in [-0.3, -0.25) is 9.78 Å². The molecule has 1 heterocycles. The number of nitrogens with zero attached hydrogens (tertiary/aromatic N) is 1. The van der Waals surface area contributed by atoms with Crippen molar-refractivity contribution in [3.05, 3.63) is 66.4 Å². The van der Waals surface area contributed by atoms with Crippen LogP contribution in [0.15, 0.2) is 60.8 Å². The average Bonchev–Trinajstić information content (AvgIpc) is 2.46. The highest BCUT2D eigenvalue weighted by Crippen LogP contribution is 2.29. The van der Waals surface area contributed by atoms with Crippen molar-refractivity contribution in [2.45, 2.75) is 0 Å². The summed E-state index contributed by atoms with van der Waals surface area (Å²) in [6, 6.07) is 17.5. The van der Waals surface area contributed by atoms with Crippen molar-refractivity contribution in [1.29, 1.82) is 0 Å². The third kappa shape index (κ3) is 1.68. The first-order chi connectivity index (χ1) is 8.90. The molecule has 0 radical (unpaired) electrons. The van der Waals surface area contributed by atoms with Crippen molar-refractivity contribution >= 4 is 17.2 Å². The van der Waals surface area contributed by atoms with Gasteiger partial charge in [-0.1, -0.05) is 42.5 Å². The predicted molar refractivity (Wildman–Crippen MR) is 72.6 cm³/mol. The predicted octanol–water partition coefficient (Wildman–Crippen LogP) is 3.71. The van der Waals surface area contributed by atoms with Gasteiger partial charge in [0.25, 0.3) is 0 Å². The number of aromatic nitrogens is 1. The van der Waals surface area contributed by atoms with Crippen molar-refractivity contribution in [1.82, 2.24) is 4.98 Å². The van der Waals surface area contributed by atoms with Crippen LogP contribution in [0.5, 0.6) is 0 Å². The lowest BCUT2D eigenvalue weighted by atomic mass is 9.97. The van der Waals surface area contributed by atoms with Gasteiger partial charge in [0.05, 0.1) is 5.52 Å². The lowest BCUT2D eigenvalue weighted by Crippen LogP contribution is -1.89. The minimum atomic E-state index is 0.703. The normalized spacial score (nSPS) is 10.4. The van der Waals surface area contributed by atoms with E-state index in [9.17, 15) is 4.79 Å². The van der Waals surface area contributed by atoms with Crippen LogP contribution >= 0.6 is 0 Å². The van der Waals surface area contributed by atoms with Crippen molar-refractivity contribution in [2.24, 2.45) is 0 Å². The van der Waals surface area contributed by atoms with Crippen LogP contribution in [0.25, 0.3) is 22.0 Å². The molecule has 0 atom stereocenters. The Bertz CT molecular complexity index is 714. The topological polar surface area (TPSA) is 30.0 Å². The van der Waals surface area contributed by atoms with E-state index < -0.39 is 0 Å². The highest BCUT2D eigenvalue weighted by Gasteiger charge is 2.07. The molecule has 2 aromatic carbocycles. The van der Waals surface area contributed by atoms with Crippen molar-refractivity contribution in [2.75, 3.05) is 0 Å². The summed E-state index contributed by atoms with van der Waals surface area (Å²) in [6.45, 7) is 0. The molecule has 0 aliphatic carbocycles. The lowest BCUT2D eigenvalue weighted by Gasteiger charge is -2.08. The van der Waals surface area contributed by atoms with E-state index in [-0.39, 0.29) is 0 Å². The third-order valence-corrected chi connectivity index (χ3v) is 3.03. The van der Waals surface area contributed by atoms with E-state index in [2.05, 4.69) is 4.98 Å². The van der Waals surface area contributed by atoms with E-state index >= 15 is 0 Å². The molecule has 0 fully saturated rings. The molecule has 0 spiro atoms. The first-order valence-electron chi connectivity index (χ1n) is 5.78. The molecule has 0 N–H and O–H groups in total. The number of aldehydes is 1. The summed E-state index contributed by atoms with van der Waals surface area (Å²) in [6.07, 6.45) is 2.67. The maximum Gasteiger partial charge on any atom is 0.150 e. The van der Waals surface area contributed by atoms with Gasteiger partial charge in [-0.15, -0.1) is 0 Å². The highest BCUT2D eigenvalue weighted by molar-refractivity contribution is 5.99. The second kappa shape index (κ2) is 4.41. The molecule has 0 saturated carbocycles. The van der Waals surface area contributed by atoms with Crippen LogP contribution in [-0.4, -0.2) is 11.3 Å². The average molecular weight is 233 g/mol. The van der Waals surface area contributed by atoms with Crippen LogP contribution in [0.1, 0.15) is 10.4 Å². The number of hydrogen-bond acceptors (Lipinski definition) is 2. The van der Waals surface area contributed by atoms with E-state index in [4.69, 9.17) is 0 Å². The van der Waals surface area contributed by atoms with Crippen LogP contribution in [-0.2, 0) is 0 Å². The molecule has 18 heavy (non-hydrogen) atoms. The number of rotatable bonds is 2. The molecule has 86 valence electrons. The van der Waals surface area contributed by atoms with Gasteiger partial charge in [-0.05, 0) is 23.3 Å². The first kappa shape index (κ1) is 10.7. The zero-order valence-corrected chi connectivity index (χ0v) is 9.71. The van der Waals surface area contributed by atoms with Crippen LogP contribution < -0.4 is 0 Å². The van der Waals surface area contributed by atoms with Gasteiger partial charge in [0.1, 0.15) is 0 Å². The molecule has 2 nitrogen and oxygen atoms in total. The number of carbonyl (C=O) groups excluding carboxylic acids is 1. The quantitative estimate of drug-likeness (QED) is 0.631. The number of fused-ring (bicyclic) bond motifs is 1. The van der Waals surface area contributed by atoms with Gasteiger partial charge in [0.2, 0.25) is 0 Å². The van der Waals surface area contributed by atoms with Gasteiger partial charge in [-0.2, -0.15) is 0 Å². The van der Waals surface area contributed by atoms with E-state index in [1.54, 1.807) is 6.20 Å². The van der Waals surface area contributed by atoms with Crippen molar-refractivity contribution in [3.63, 3.8) is 0 Å². The zero-order valence-electron chi connectivity index (χ0n) is 9.71. The van der Waals surface area contributed by atoms with Gasteiger partial charge in [0.15, 0.2) is 6.29 Å². The molecule has 0 saturated heterocycles. The van der Waals surface area contributed by atoms with E-state index in [1.165, 1.54) is 0 Å². The number of hydrogen-bond donors (Lipinski definition) is 0. The Morgan fingerprint density at radius 3 is 2.50 bits per heavy atom. The van der Waals surface area contributed by atoms with Crippen LogP contribution in [0.3, 0.4) is 0 Å². The molecule has 3 rings (SSSR count). The second-order valence-electron chi connectivity index (χ2n) is 4.08. The summed E-state index contributed by atoms with van der Waals surface area (Å²) < 4.78 is 0. The lowest BCUT2D eigenvalue weighted by molar-refractivity contribution is 0.112. The van der Waals surface area contributed by atoms with Crippen molar-refractivity contribution in [3.8, 4) is 11.1 Å². The molecule has 2 heteroatoms. The SMILES string of the molecule is O=Cc1ccccc1-c1ccnc2ccccc12. The summed E-state index contributed by atoms with van der Waals surface area (Å²) in [5, 5.41) is 1.06. The zero-order chi connectivity index (χ0) is 12.4. The number of pyridine rings is 1. The van der Waals surface area contributed by atoms with Gasteiger partial charge >= 0.3 is 0 Å². The number of benzene rings is 2. The van der Waals surface area contributed by atoms with E-state index in [1.807, 2.05) is 54.6 Å². The molecule has 0 aliphatic rings. The molecule has 0 aliphatic heterocycles. The maximum absolute atomic E-state index is 11.1. The smallest absolute Gasteiger partial charge is 0.150 e. The van der Waals surface area contributed by atoms with Gasteiger partial charge in [0, 0.05) is 17.1 Å². The minimum absolute atomic E-state index is 0.703. The maximum atomic E-state index is 11.1. The molecular formula is C16H11NO. The third-order valence-electron chi connectivity index (χ3n) is 3.03. The van der Waals surface area contributed by atoms with Crippen LogP contribution in [0, 0.1) is 0 Å². The Morgan fingerprint density at radius 1 is 0.833 bits per heavy atom. The molecule has 3 aromatic rings. The largest absolute Gasteiger partial charge is 0.298 e. The fraction of sp³-hybridized carbons (Fsp3) is 0. The second-order valence-corrected chi connectivity index (χ2v) is 4.08. The summed E-state index contributed by atoms with van der Waals surface area (Å²) in [7, 11) is 0. The standard InChI is InChI=1S/C16H11NO/c18-11-12-5-1-2-6-13(12)14-9-10-17-16-8-4-3-7-15(14)16/h1-11H. The van der Waals surface area contributed by atoms with E-state index in [0.29, 0.717) is 5.56 Å². The number of carbonyl (C=O) groups is 1. The van der Waals surface area contributed by atoms with E-state index in [0.717, 1.165) is 28.3 Å². The van der Waals surface area contributed by atoms with Crippen molar-refractivity contribution < 1.29 is 4.79 Å². The van der Waals surface area contributed by atoms with Gasteiger partial charge < -0.3 is 0 Å². The monoisotopic (exact) mass is 233 g/mol. The molecule has 0 bridgehead atoms. The fourth-order valence-corrected chi connectivity index (χ4v) is 2.18. The Balaban J connectivity index is 2.35. The molecule has 0 amide bonds. The fourth-order valence-electron chi connectivity index (χ4n) is 2.18. The first-order valence-corrected chi connectivity index (χ1v) is 5.78. The Morgan fingerprint density at radius 2 is 1.61 bits per heavy atom. The molecule has 0 unspecified atom stereocenters. The number of para-hydroxylation sites is 1. The minimum Gasteiger partial charge on any atom is -0.298 e. The van der Waals surface area contributed by atoms with Crippen LogP contribution in [0.4, 0.5) is 0 Å². The summed E-state index contributed by atoms with van der Waals surface area (Å²) in [5.74, 6) is 0. The van der Waals surface area contributed by atoms with Crippen LogP contribution in [0.2, 0.25) is 0 Å². The molecular weight excluding hydrogens is 222 g/mol. The van der Waals surface area contributed by atoms with Gasteiger partial charge in [-0.25, -0.2) is 0 Å². The Kier molecular flexibility index (Phi) is 2.61. The summed E-state index contributed by atoms with van der Waals surface area (Å²) in [4.78, 5) is 15.5.